The van der Waals surface area contributed by atoms with Crippen molar-refractivity contribution >= 4 is 10.8 Å². The molecule has 0 bridgehead atoms. The Labute approximate surface area is 140 Å². The van der Waals surface area contributed by atoms with Crippen molar-refractivity contribution < 1.29 is 9.32 Å². The summed E-state index contributed by atoms with van der Waals surface area (Å²) in [5.74, 6) is 6.17. The standard InChI is InChI=1S/C17H27N3O2S/c1-16(2,3)23(22)15-10-17(6-7-20(15)18)8-12-4-5-13(11-21)19-14(12)9-17/h4-5,15,21H,6-11,18H2,1-3H3/t15-,17?,23?/m1/s1. The van der Waals surface area contributed by atoms with Gasteiger partial charge < -0.3 is 5.11 Å². The quantitative estimate of drug-likeness (QED) is 0.800. The molecular weight excluding hydrogens is 310 g/mol. The van der Waals surface area contributed by atoms with Crippen molar-refractivity contribution in [1.82, 2.24) is 9.99 Å². The molecule has 128 valence electrons. The van der Waals surface area contributed by atoms with Crippen LogP contribution in [0.5, 0.6) is 0 Å². The van der Waals surface area contributed by atoms with Gasteiger partial charge in [0.2, 0.25) is 0 Å². The Balaban J connectivity index is 1.83. The van der Waals surface area contributed by atoms with Crippen molar-refractivity contribution in [2.45, 2.75) is 63.2 Å². The van der Waals surface area contributed by atoms with Crippen LogP contribution in [0.25, 0.3) is 0 Å². The van der Waals surface area contributed by atoms with E-state index in [0.29, 0.717) is 0 Å². The zero-order chi connectivity index (χ0) is 16.8. The second-order valence-electron chi connectivity index (χ2n) is 7.98. The molecule has 3 atom stereocenters. The van der Waals surface area contributed by atoms with Crippen molar-refractivity contribution in [2.24, 2.45) is 11.3 Å². The Morgan fingerprint density at radius 1 is 1.43 bits per heavy atom. The fourth-order valence-corrected chi connectivity index (χ4v) is 5.50. The number of aliphatic hydroxyl groups excluding tert-OH is 1. The molecule has 1 aromatic heterocycles. The van der Waals surface area contributed by atoms with Crippen LogP contribution in [0.4, 0.5) is 0 Å². The van der Waals surface area contributed by atoms with Gasteiger partial charge in [0.25, 0.3) is 0 Å². The van der Waals surface area contributed by atoms with Crippen LogP contribution in [-0.4, -0.2) is 36.0 Å². The third-order valence-corrected chi connectivity index (χ3v) is 7.26. The first-order valence-electron chi connectivity index (χ1n) is 8.25. The molecule has 6 heteroatoms. The molecule has 1 aliphatic carbocycles. The van der Waals surface area contributed by atoms with Gasteiger partial charge in [-0.25, -0.2) is 5.01 Å². The lowest BCUT2D eigenvalue weighted by Crippen LogP contribution is -2.55. The van der Waals surface area contributed by atoms with Crippen LogP contribution in [-0.2, 0) is 30.2 Å². The van der Waals surface area contributed by atoms with E-state index in [1.165, 1.54) is 5.56 Å². The zero-order valence-corrected chi connectivity index (χ0v) is 15.0. The van der Waals surface area contributed by atoms with E-state index in [1.54, 1.807) is 5.01 Å². The van der Waals surface area contributed by atoms with Gasteiger partial charge in [-0.3, -0.25) is 15.0 Å². The second-order valence-corrected chi connectivity index (χ2v) is 10.3. The summed E-state index contributed by atoms with van der Waals surface area (Å²) >= 11 is 0. The lowest BCUT2D eigenvalue weighted by molar-refractivity contribution is 0.0923. The molecule has 2 unspecified atom stereocenters. The molecule has 3 rings (SSSR count). The van der Waals surface area contributed by atoms with E-state index >= 15 is 0 Å². The molecule has 1 aromatic rings. The minimum Gasteiger partial charge on any atom is -0.390 e. The van der Waals surface area contributed by atoms with Crippen molar-refractivity contribution in [3.05, 3.63) is 29.1 Å². The van der Waals surface area contributed by atoms with Crippen LogP contribution in [0.3, 0.4) is 0 Å². The zero-order valence-electron chi connectivity index (χ0n) is 14.2. The van der Waals surface area contributed by atoms with E-state index in [4.69, 9.17) is 5.84 Å². The van der Waals surface area contributed by atoms with Crippen LogP contribution in [0.15, 0.2) is 12.1 Å². The highest BCUT2D eigenvalue weighted by Gasteiger charge is 2.46. The summed E-state index contributed by atoms with van der Waals surface area (Å²) in [6.07, 6.45) is 3.74. The third-order valence-electron chi connectivity index (χ3n) is 5.12. The Hall–Kier alpha value is -0.820. The number of nitrogens with zero attached hydrogens (tertiary/aromatic N) is 2. The van der Waals surface area contributed by atoms with Crippen molar-refractivity contribution in [1.29, 1.82) is 0 Å². The highest BCUT2D eigenvalue weighted by molar-refractivity contribution is 7.86. The molecule has 0 aromatic carbocycles. The van der Waals surface area contributed by atoms with Gasteiger partial charge in [0.05, 0.1) is 12.3 Å². The lowest BCUT2D eigenvalue weighted by atomic mass is 9.76. The number of hydrazine groups is 1. The molecule has 0 radical (unpaired) electrons. The Morgan fingerprint density at radius 2 is 2.17 bits per heavy atom. The maximum atomic E-state index is 12.9. The van der Waals surface area contributed by atoms with Crippen LogP contribution in [0, 0.1) is 5.41 Å². The van der Waals surface area contributed by atoms with Crippen molar-refractivity contribution in [3.63, 3.8) is 0 Å². The number of aliphatic hydroxyl groups is 1. The molecule has 1 aliphatic heterocycles. The molecule has 0 saturated carbocycles. The van der Waals surface area contributed by atoms with Gasteiger partial charge in [-0.05, 0) is 63.5 Å². The largest absolute Gasteiger partial charge is 0.390 e. The number of hydrogen-bond donors (Lipinski definition) is 2. The fourth-order valence-electron chi connectivity index (χ4n) is 3.83. The molecular formula is C17H27N3O2S. The summed E-state index contributed by atoms with van der Waals surface area (Å²) in [6, 6.07) is 3.99. The SMILES string of the molecule is CC(C)(C)S(=O)[C@@H]1CC2(CCN1N)Cc1ccc(CO)nc1C2. The maximum Gasteiger partial charge on any atom is 0.100 e. The molecule has 0 amide bonds. The third kappa shape index (κ3) is 3.22. The topological polar surface area (TPSA) is 79.5 Å². The van der Waals surface area contributed by atoms with E-state index in [9.17, 15) is 9.32 Å². The molecule has 23 heavy (non-hydrogen) atoms. The van der Waals surface area contributed by atoms with Crippen molar-refractivity contribution in [3.8, 4) is 0 Å². The average molecular weight is 337 g/mol. The normalized spacial score (nSPS) is 29.7. The molecule has 2 aliphatic rings. The highest BCUT2D eigenvalue weighted by atomic mass is 32.2. The van der Waals surface area contributed by atoms with Gasteiger partial charge in [-0.1, -0.05) is 6.07 Å². The number of fused-ring (bicyclic) bond motifs is 1. The van der Waals surface area contributed by atoms with Gasteiger partial charge >= 0.3 is 0 Å². The number of piperidine rings is 1. The van der Waals surface area contributed by atoms with Crippen LogP contribution in [0.2, 0.25) is 0 Å². The van der Waals surface area contributed by atoms with Gasteiger partial charge in [0.1, 0.15) is 5.37 Å². The van der Waals surface area contributed by atoms with E-state index in [2.05, 4.69) is 11.1 Å². The van der Waals surface area contributed by atoms with Crippen LogP contribution >= 0.6 is 0 Å². The lowest BCUT2D eigenvalue weighted by Gasteiger charge is -2.44. The Kier molecular flexibility index (Phi) is 4.38. The average Bonchev–Trinajstić information content (AvgIpc) is 2.85. The second kappa shape index (κ2) is 5.92. The smallest absolute Gasteiger partial charge is 0.100 e. The highest BCUT2D eigenvalue weighted by Crippen LogP contribution is 2.46. The summed E-state index contributed by atoms with van der Waals surface area (Å²) in [7, 11) is -1.01. The predicted octanol–water partition coefficient (Wildman–Crippen LogP) is 1.50. The Morgan fingerprint density at radius 3 is 2.83 bits per heavy atom. The molecule has 1 fully saturated rings. The molecule has 3 N–H and O–H groups in total. The van der Waals surface area contributed by atoms with E-state index in [0.717, 1.165) is 43.6 Å². The minimum absolute atomic E-state index is 0.0203. The maximum absolute atomic E-state index is 12.9. The Bertz CT molecular complexity index is 629. The molecule has 5 nitrogen and oxygen atoms in total. The first-order valence-corrected chi connectivity index (χ1v) is 9.46. The summed E-state index contributed by atoms with van der Waals surface area (Å²) in [5, 5.41) is 11.0. The number of nitrogens with two attached hydrogens (primary N) is 1. The number of aromatic nitrogens is 1. The van der Waals surface area contributed by atoms with Crippen LogP contribution in [0.1, 0.15) is 50.6 Å². The summed E-state index contributed by atoms with van der Waals surface area (Å²) in [6.45, 7) is 6.78. The molecule has 1 spiro atoms. The fraction of sp³-hybridized carbons (Fsp3) is 0.706. The van der Waals surface area contributed by atoms with Crippen molar-refractivity contribution in [2.75, 3.05) is 6.54 Å². The number of pyridine rings is 1. The summed E-state index contributed by atoms with van der Waals surface area (Å²) in [5.41, 5.74) is 3.22. The monoisotopic (exact) mass is 337 g/mol. The van der Waals surface area contributed by atoms with E-state index in [1.807, 2.05) is 26.8 Å². The molecule has 1 saturated heterocycles. The number of hydrogen-bond acceptors (Lipinski definition) is 5. The predicted molar refractivity (Wildman–Crippen MR) is 91.8 cm³/mol. The summed E-state index contributed by atoms with van der Waals surface area (Å²) in [4.78, 5) is 4.59. The van der Waals surface area contributed by atoms with Gasteiger partial charge in [0, 0.05) is 27.8 Å². The first-order chi connectivity index (χ1) is 10.7. The van der Waals surface area contributed by atoms with Gasteiger partial charge in [-0.2, -0.15) is 0 Å². The minimum atomic E-state index is -1.01. The first kappa shape index (κ1) is 17.0. The van der Waals surface area contributed by atoms with Crippen LogP contribution < -0.4 is 5.84 Å². The van der Waals surface area contributed by atoms with E-state index < -0.39 is 10.8 Å². The summed E-state index contributed by atoms with van der Waals surface area (Å²) < 4.78 is 12.6. The molecule has 2 heterocycles. The van der Waals surface area contributed by atoms with Gasteiger partial charge in [-0.15, -0.1) is 0 Å². The van der Waals surface area contributed by atoms with E-state index in [-0.39, 0.29) is 22.1 Å². The number of rotatable bonds is 2. The van der Waals surface area contributed by atoms with Gasteiger partial charge in [0.15, 0.2) is 0 Å².